The van der Waals surface area contributed by atoms with Crippen molar-refractivity contribution < 1.29 is 22.2 Å². The SMILES string of the molecule is CNN1C(c2ccccc2)=N[NH+](C)C1c1ccccc1.COS(=O)(=O)[O-]. The quantitative estimate of drug-likeness (QED) is 0.579. The van der Waals surface area contributed by atoms with Crippen LogP contribution in [0, 0.1) is 0 Å². The van der Waals surface area contributed by atoms with Crippen LogP contribution in [0.15, 0.2) is 65.8 Å². The Bertz CT molecular complexity index is 828. The minimum absolute atomic E-state index is 0.149. The maximum atomic E-state index is 9.22. The summed E-state index contributed by atoms with van der Waals surface area (Å²) in [6.07, 6.45) is 0.149. The molecule has 0 spiro atoms. The van der Waals surface area contributed by atoms with Crippen molar-refractivity contribution >= 4 is 16.2 Å². The Balaban J connectivity index is 0.000000352. The minimum atomic E-state index is -4.41. The van der Waals surface area contributed by atoms with Gasteiger partial charge < -0.3 is 4.55 Å². The molecule has 1 aliphatic rings. The summed E-state index contributed by atoms with van der Waals surface area (Å²) in [5, 5.41) is 7.99. The number of amidine groups is 1. The summed E-state index contributed by atoms with van der Waals surface area (Å²) in [6, 6.07) is 20.7. The summed E-state index contributed by atoms with van der Waals surface area (Å²) in [5.41, 5.74) is 5.64. The Hall–Kier alpha value is -2.30. The molecular weight excluding hydrogens is 356 g/mol. The highest BCUT2D eigenvalue weighted by Gasteiger charge is 2.38. The number of nitrogens with zero attached hydrogens (tertiary/aromatic N) is 2. The molecule has 9 heteroatoms. The number of quaternary nitrogens is 1. The van der Waals surface area contributed by atoms with Crippen molar-refractivity contribution in [2.24, 2.45) is 5.10 Å². The molecule has 0 bridgehead atoms. The molecule has 0 saturated carbocycles. The van der Waals surface area contributed by atoms with Crippen LogP contribution in [0.4, 0.5) is 0 Å². The Morgan fingerprint density at radius 3 is 2.08 bits per heavy atom. The van der Waals surface area contributed by atoms with Crippen LogP contribution in [-0.2, 0) is 14.6 Å². The highest BCUT2D eigenvalue weighted by molar-refractivity contribution is 7.80. The largest absolute Gasteiger partial charge is 0.726 e. The number of benzene rings is 2. The molecule has 2 N–H and O–H groups in total. The second-order valence-corrected chi connectivity index (χ2v) is 6.57. The van der Waals surface area contributed by atoms with Crippen molar-refractivity contribution in [1.82, 2.24) is 10.4 Å². The lowest BCUT2D eigenvalue weighted by atomic mass is 10.1. The van der Waals surface area contributed by atoms with Crippen LogP contribution in [0.25, 0.3) is 0 Å². The minimum Gasteiger partial charge on any atom is -0.726 e. The first-order valence-corrected chi connectivity index (χ1v) is 9.21. The van der Waals surface area contributed by atoms with E-state index in [-0.39, 0.29) is 6.17 Å². The van der Waals surface area contributed by atoms with Crippen LogP contribution < -0.4 is 10.4 Å². The Morgan fingerprint density at radius 1 is 1.12 bits per heavy atom. The number of hydrogen-bond donors (Lipinski definition) is 2. The lowest BCUT2D eigenvalue weighted by Gasteiger charge is -2.25. The van der Waals surface area contributed by atoms with Gasteiger partial charge in [0.15, 0.2) is 0 Å². The zero-order valence-electron chi connectivity index (χ0n) is 14.8. The van der Waals surface area contributed by atoms with Crippen molar-refractivity contribution in [2.45, 2.75) is 6.17 Å². The van der Waals surface area contributed by atoms with Gasteiger partial charge in [0, 0.05) is 18.2 Å². The van der Waals surface area contributed by atoms with E-state index in [1.165, 1.54) is 5.56 Å². The topological polar surface area (TPSA) is 98.5 Å². The fourth-order valence-corrected chi connectivity index (χ4v) is 2.64. The molecule has 1 aliphatic heterocycles. The highest BCUT2D eigenvalue weighted by Crippen LogP contribution is 2.19. The van der Waals surface area contributed by atoms with Crippen molar-refractivity contribution in [2.75, 3.05) is 21.2 Å². The molecule has 0 radical (unpaired) electrons. The standard InChI is InChI=1S/C16H18N4.CH4O4S/c1-17-20-15(13-9-5-3-6-10-13)18-19(2)16(20)14-11-7-4-8-12-14;1-5-6(2,3)4/h3-12,16-17H,1-2H3;1H3,(H,2,3,4). The molecule has 2 atom stereocenters. The molecule has 2 unspecified atom stereocenters. The summed E-state index contributed by atoms with van der Waals surface area (Å²) < 4.78 is 31.0. The van der Waals surface area contributed by atoms with Gasteiger partial charge in [-0.25, -0.2) is 18.9 Å². The van der Waals surface area contributed by atoms with Gasteiger partial charge in [-0.05, 0) is 0 Å². The van der Waals surface area contributed by atoms with Crippen LogP contribution in [0.3, 0.4) is 0 Å². The van der Waals surface area contributed by atoms with Crippen LogP contribution in [0.2, 0.25) is 0 Å². The van der Waals surface area contributed by atoms with Gasteiger partial charge in [0.2, 0.25) is 22.4 Å². The molecule has 0 amide bonds. The Kier molecular flexibility index (Phi) is 6.83. The van der Waals surface area contributed by atoms with Crippen LogP contribution in [0.1, 0.15) is 17.3 Å². The Labute approximate surface area is 153 Å². The summed E-state index contributed by atoms with van der Waals surface area (Å²) in [7, 11) is 0.415. The fourth-order valence-electron chi connectivity index (χ4n) is 2.64. The van der Waals surface area contributed by atoms with Crippen LogP contribution in [0.5, 0.6) is 0 Å². The smallest absolute Gasteiger partial charge is 0.228 e. The first-order chi connectivity index (χ1) is 12.4. The van der Waals surface area contributed by atoms with Crippen molar-refractivity contribution in [1.29, 1.82) is 0 Å². The lowest BCUT2D eigenvalue weighted by Crippen LogP contribution is -3.04. The summed E-state index contributed by atoms with van der Waals surface area (Å²) >= 11 is 0. The zero-order chi connectivity index (χ0) is 19.2. The van der Waals surface area contributed by atoms with Gasteiger partial charge in [0.1, 0.15) is 0 Å². The lowest BCUT2D eigenvalue weighted by molar-refractivity contribution is -0.922. The van der Waals surface area contributed by atoms with Gasteiger partial charge in [0.05, 0.1) is 14.2 Å². The first kappa shape index (κ1) is 20.0. The molecule has 0 fully saturated rings. The number of hydrazine groups is 1. The first-order valence-electron chi connectivity index (χ1n) is 7.88. The molecule has 2 aromatic rings. The number of hydrogen-bond acceptors (Lipinski definition) is 7. The van der Waals surface area contributed by atoms with E-state index in [0.717, 1.165) is 23.5 Å². The van der Waals surface area contributed by atoms with Gasteiger partial charge in [-0.3, -0.25) is 4.18 Å². The summed E-state index contributed by atoms with van der Waals surface area (Å²) in [5.74, 6) is 0.972. The molecule has 140 valence electrons. The predicted molar refractivity (Wildman–Crippen MR) is 96.7 cm³/mol. The molecular formula is C17H22N4O4S. The molecule has 1 heterocycles. The zero-order valence-corrected chi connectivity index (χ0v) is 15.6. The fraction of sp³-hybridized carbons (Fsp3) is 0.235. The molecule has 26 heavy (non-hydrogen) atoms. The third-order valence-corrected chi connectivity index (χ3v) is 4.16. The highest BCUT2D eigenvalue weighted by atomic mass is 32.3. The third kappa shape index (κ3) is 5.10. The predicted octanol–water partition coefficient (Wildman–Crippen LogP) is 0.105. The van der Waals surface area contributed by atoms with Crippen LogP contribution in [-0.4, -0.2) is 45.0 Å². The second kappa shape index (κ2) is 8.88. The maximum absolute atomic E-state index is 9.22. The summed E-state index contributed by atoms with van der Waals surface area (Å²) in [4.78, 5) is 0. The molecule has 0 aliphatic carbocycles. The molecule has 3 rings (SSSR count). The van der Waals surface area contributed by atoms with E-state index in [4.69, 9.17) is 5.10 Å². The number of rotatable bonds is 4. The average molecular weight is 378 g/mol. The maximum Gasteiger partial charge on any atom is 0.228 e. The number of nitrogens with one attached hydrogen (secondary N) is 2. The van der Waals surface area contributed by atoms with Crippen molar-refractivity contribution in [3.63, 3.8) is 0 Å². The van der Waals surface area contributed by atoms with Crippen molar-refractivity contribution in [3.05, 3.63) is 71.8 Å². The van der Waals surface area contributed by atoms with Crippen molar-refractivity contribution in [3.8, 4) is 0 Å². The van der Waals surface area contributed by atoms with E-state index in [0.29, 0.717) is 0 Å². The normalized spacial score (nSPS) is 19.5. The van der Waals surface area contributed by atoms with Gasteiger partial charge in [-0.2, -0.15) is 5.01 Å². The van der Waals surface area contributed by atoms with E-state index >= 15 is 0 Å². The van der Waals surface area contributed by atoms with Crippen LogP contribution >= 0.6 is 0 Å². The third-order valence-electron chi connectivity index (χ3n) is 3.76. The van der Waals surface area contributed by atoms with Gasteiger partial charge >= 0.3 is 0 Å². The van der Waals surface area contributed by atoms with Gasteiger partial charge in [-0.15, -0.1) is 0 Å². The van der Waals surface area contributed by atoms with E-state index in [9.17, 15) is 13.0 Å². The van der Waals surface area contributed by atoms with E-state index in [1.807, 2.05) is 31.3 Å². The van der Waals surface area contributed by atoms with E-state index < -0.39 is 10.4 Å². The molecule has 0 aromatic heterocycles. The Morgan fingerprint density at radius 2 is 1.62 bits per heavy atom. The monoisotopic (exact) mass is 378 g/mol. The molecule has 0 saturated heterocycles. The van der Waals surface area contributed by atoms with E-state index in [2.05, 4.69) is 58.1 Å². The van der Waals surface area contributed by atoms with Gasteiger partial charge in [0.25, 0.3) is 0 Å². The summed E-state index contributed by atoms with van der Waals surface area (Å²) in [6.45, 7) is 0. The average Bonchev–Trinajstić information content (AvgIpc) is 2.99. The second-order valence-electron chi connectivity index (χ2n) is 5.42. The van der Waals surface area contributed by atoms with Gasteiger partial charge in [-0.1, -0.05) is 65.8 Å². The van der Waals surface area contributed by atoms with E-state index in [1.54, 1.807) is 0 Å². The molecule has 2 aromatic carbocycles. The molecule has 8 nitrogen and oxygen atoms in total.